The molecule has 1 atom stereocenters. The van der Waals surface area contributed by atoms with Gasteiger partial charge in [0.1, 0.15) is 0 Å². The highest BCUT2D eigenvalue weighted by Crippen LogP contribution is 2.15. The largest absolute Gasteiger partial charge is 0.478 e. The number of hydrogen-bond donors (Lipinski definition) is 3. The zero-order valence-electron chi connectivity index (χ0n) is 11.3. The standard InChI is InChI=1S/C14H18N2O4/c1-9-7-10(4-5-12(9)13(17)18)15-14(19)16-11-3-2-6-20-8-11/h4-5,7,11H,2-3,6,8H2,1H3,(H,17,18)(H2,15,16,19). The van der Waals surface area contributed by atoms with Crippen molar-refractivity contribution in [2.75, 3.05) is 18.5 Å². The maximum absolute atomic E-state index is 11.8. The Balaban J connectivity index is 1.93. The fourth-order valence-corrected chi connectivity index (χ4v) is 2.19. The van der Waals surface area contributed by atoms with Gasteiger partial charge in [-0.3, -0.25) is 0 Å². The van der Waals surface area contributed by atoms with Crippen LogP contribution in [-0.2, 0) is 4.74 Å². The third-order valence-corrected chi connectivity index (χ3v) is 3.21. The Bertz CT molecular complexity index is 510. The van der Waals surface area contributed by atoms with Crippen LogP contribution in [0.5, 0.6) is 0 Å². The second kappa shape index (κ2) is 6.38. The minimum absolute atomic E-state index is 0.0307. The molecule has 0 radical (unpaired) electrons. The van der Waals surface area contributed by atoms with Crippen LogP contribution in [0, 0.1) is 6.92 Å². The van der Waals surface area contributed by atoms with Crippen molar-refractivity contribution in [2.45, 2.75) is 25.8 Å². The Labute approximate surface area is 117 Å². The zero-order valence-corrected chi connectivity index (χ0v) is 11.3. The molecule has 1 aliphatic heterocycles. The summed E-state index contributed by atoms with van der Waals surface area (Å²) in [7, 11) is 0. The van der Waals surface area contributed by atoms with Gasteiger partial charge in [0.15, 0.2) is 0 Å². The number of carbonyl (C=O) groups excluding carboxylic acids is 1. The average Bonchev–Trinajstić information content (AvgIpc) is 2.39. The Kier molecular flexibility index (Phi) is 4.57. The van der Waals surface area contributed by atoms with Gasteiger partial charge >= 0.3 is 12.0 Å². The van der Waals surface area contributed by atoms with E-state index in [-0.39, 0.29) is 17.6 Å². The number of nitrogens with one attached hydrogen (secondary N) is 2. The number of rotatable bonds is 3. The Morgan fingerprint density at radius 3 is 2.80 bits per heavy atom. The van der Waals surface area contributed by atoms with Crippen LogP contribution in [0.15, 0.2) is 18.2 Å². The predicted octanol–water partition coefficient (Wildman–Crippen LogP) is 1.99. The van der Waals surface area contributed by atoms with Gasteiger partial charge in [-0.1, -0.05) is 0 Å². The van der Waals surface area contributed by atoms with E-state index in [1.165, 1.54) is 6.07 Å². The maximum Gasteiger partial charge on any atom is 0.335 e. The summed E-state index contributed by atoms with van der Waals surface area (Å²) in [6.45, 7) is 2.97. The molecular weight excluding hydrogens is 260 g/mol. The van der Waals surface area contributed by atoms with Gasteiger partial charge in [0, 0.05) is 12.3 Å². The van der Waals surface area contributed by atoms with Crippen LogP contribution in [0.1, 0.15) is 28.8 Å². The summed E-state index contributed by atoms with van der Waals surface area (Å²) in [5, 5.41) is 14.5. The molecule has 20 heavy (non-hydrogen) atoms. The molecule has 1 heterocycles. The van der Waals surface area contributed by atoms with Crippen molar-refractivity contribution in [2.24, 2.45) is 0 Å². The molecule has 1 fully saturated rings. The lowest BCUT2D eigenvalue weighted by molar-refractivity contribution is 0.0696. The van der Waals surface area contributed by atoms with E-state index in [9.17, 15) is 9.59 Å². The van der Waals surface area contributed by atoms with Crippen LogP contribution in [0.25, 0.3) is 0 Å². The first-order valence-corrected chi connectivity index (χ1v) is 6.55. The molecule has 0 bridgehead atoms. The highest BCUT2D eigenvalue weighted by molar-refractivity contribution is 5.92. The molecule has 1 saturated heterocycles. The summed E-state index contributed by atoms with van der Waals surface area (Å²) >= 11 is 0. The minimum atomic E-state index is -0.974. The Hall–Kier alpha value is -2.08. The number of carboxylic acid groups (broad SMARTS) is 1. The van der Waals surface area contributed by atoms with Gasteiger partial charge in [0.25, 0.3) is 0 Å². The van der Waals surface area contributed by atoms with Gasteiger partial charge in [-0.05, 0) is 43.5 Å². The van der Waals surface area contributed by atoms with Gasteiger partial charge in [0.05, 0.1) is 18.2 Å². The van der Waals surface area contributed by atoms with Crippen molar-refractivity contribution in [3.05, 3.63) is 29.3 Å². The number of carboxylic acids is 1. The third-order valence-electron chi connectivity index (χ3n) is 3.21. The molecule has 1 aromatic rings. The molecule has 3 N–H and O–H groups in total. The number of anilines is 1. The topological polar surface area (TPSA) is 87.7 Å². The van der Waals surface area contributed by atoms with E-state index in [1.807, 2.05) is 0 Å². The average molecular weight is 278 g/mol. The molecule has 6 nitrogen and oxygen atoms in total. The number of hydrogen-bond acceptors (Lipinski definition) is 3. The maximum atomic E-state index is 11.8. The first-order valence-electron chi connectivity index (χ1n) is 6.55. The molecule has 1 unspecified atom stereocenters. The molecule has 0 saturated carbocycles. The molecule has 2 amide bonds. The zero-order chi connectivity index (χ0) is 14.5. The quantitative estimate of drug-likeness (QED) is 0.789. The molecular formula is C14H18N2O4. The summed E-state index contributed by atoms with van der Waals surface area (Å²) in [5.41, 5.74) is 1.41. The number of aromatic carboxylic acids is 1. The molecule has 1 aliphatic rings. The number of aryl methyl sites for hydroxylation is 1. The third kappa shape index (κ3) is 3.71. The number of carbonyl (C=O) groups is 2. The van der Waals surface area contributed by atoms with Gasteiger partial charge < -0.3 is 20.5 Å². The van der Waals surface area contributed by atoms with E-state index in [0.29, 0.717) is 17.9 Å². The van der Waals surface area contributed by atoms with Gasteiger partial charge in [-0.2, -0.15) is 0 Å². The minimum Gasteiger partial charge on any atom is -0.478 e. The second-order valence-electron chi connectivity index (χ2n) is 4.85. The van der Waals surface area contributed by atoms with Crippen LogP contribution in [0.3, 0.4) is 0 Å². The van der Waals surface area contributed by atoms with Crippen molar-refractivity contribution in [1.82, 2.24) is 5.32 Å². The first-order chi connectivity index (χ1) is 9.56. The van der Waals surface area contributed by atoms with Gasteiger partial charge in [0.2, 0.25) is 0 Å². The molecule has 0 aliphatic carbocycles. The monoisotopic (exact) mass is 278 g/mol. The molecule has 2 rings (SSSR count). The highest BCUT2D eigenvalue weighted by atomic mass is 16.5. The molecule has 6 heteroatoms. The van der Waals surface area contributed by atoms with Gasteiger partial charge in [-0.25, -0.2) is 9.59 Å². The smallest absolute Gasteiger partial charge is 0.335 e. The van der Waals surface area contributed by atoms with E-state index < -0.39 is 5.97 Å². The van der Waals surface area contributed by atoms with Crippen molar-refractivity contribution >= 4 is 17.7 Å². The number of benzene rings is 1. The van der Waals surface area contributed by atoms with Crippen molar-refractivity contribution in [1.29, 1.82) is 0 Å². The van der Waals surface area contributed by atoms with Crippen molar-refractivity contribution in [3.63, 3.8) is 0 Å². The summed E-state index contributed by atoms with van der Waals surface area (Å²) in [4.78, 5) is 22.7. The van der Waals surface area contributed by atoms with Crippen LogP contribution in [-0.4, -0.2) is 36.4 Å². The van der Waals surface area contributed by atoms with E-state index in [1.54, 1.807) is 19.1 Å². The SMILES string of the molecule is Cc1cc(NC(=O)NC2CCCOC2)ccc1C(=O)O. The number of amides is 2. The Morgan fingerprint density at radius 2 is 2.20 bits per heavy atom. The normalized spacial score (nSPS) is 18.4. The fraction of sp³-hybridized carbons (Fsp3) is 0.429. The second-order valence-corrected chi connectivity index (χ2v) is 4.85. The lowest BCUT2D eigenvalue weighted by Gasteiger charge is -2.23. The van der Waals surface area contributed by atoms with E-state index in [4.69, 9.17) is 9.84 Å². The lowest BCUT2D eigenvalue weighted by Crippen LogP contribution is -2.42. The van der Waals surface area contributed by atoms with E-state index in [0.717, 1.165) is 19.4 Å². The predicted molar refractivity (Wildman–Crippen MR) is 74.1 cm³/mol. The Morgan fingerprint density at radius 1 is 1.40 bits per heavy atom. The van der Waals surface area contributed by atoms with E-state index >= 15 is 0 Å². The highest BCUT2D eigenvalue weighted by Gasteiger charge is 2.16. The molecule has 1 aromatic carbocycles. The molecule has 0 spiro atoms. The fourth-order valence-electron chi connectivity index (χ4n) is 2.19. The first kappa shape index (κ1) is 14.3. The van der Waals surface area contributed by atoms with Crippen LogP contribution < -0.4 is 10.6 Å². The number of urea groups is 1. The van der Waals surface area contributed by atoms with Crippen LogP contribution in [0.4, 0.5) is 10.5 Å². The van der Waals surface area contributed by atoms with Crippen molar-refractivity contribution in [3.8, 4) is 0 Å². The molecule has 0 aromatic heterocycles. The summed E-state index contributed by atoms with van der Waals surface area (Å²) < 4.78 is 5.29. The van der Waals surface area contributed by atoms with Crippen molar-refractivity contribution < 1.29 is 19.4 Å². The van der Waals surface area contributed by atoms with Crippen LogP contribution >= 0.6 is 0 Å². The van der Waals surface area contributed by atoms with Crippen LogP contribution in [0.2, 0.25) is 0 Å². The van der Waals surface area contributed by atoms with Gasteiger partial charge in [-0.15, -0.1) is 0 Å². The summed E-state index contributed by atoms with van der Waals surface area (Å²) in [6.07, 6.45) is 1.85. The summed E-state index contributed by atoms with van der Waals surface area (Å²) in [6, 6.07) is 4.43. The van der Waals surface area contributed by atoms with E-state index in [2.05, 4.69) is 10.6 Å². The lowest BCUT2D eigenvalue weighted by atomic mass is 10.1. The summed E-state index contributed by atoms with van der Waals surface area (Å²) in [5.74, 6) is -0.974. The number of ether oxygens (including phenoxy) is 1. The molecule has 108 valence electrons.